The van der Waals surface area contributed by atoms with E-state index in [0.29, 0.717) is 11.8 Å². The standard InChI is InChI=1S/C10H19NO2S/c1-10(2,3)8-6-7(14)4-5-11(8)9(12)13/h7-8,14H,4-6H2,1-3H3,(H,12,13). The van der Waals surface area contributed by atoms with Crippen molar-refractivity contribution >= 4 is 18.7 Å². The predicted molar refractivity (Wildman–Crippen MR) is 60.0 cm³/mol. The molecule has 1 heterocycles. The van der Waals surface area contributed by atoms with E-state index in [4.69, 9.17) is 5.11 Å². The minimum atomic E-state index is -0.801. The molecule has 1 saturated heterocycles. The molecule has 0 aromatic rings. The largest absolute Gasteiger partial charge is 0.465 e. The van der Waals surface area contributed by atoms with Crippen molar-refractivity contribution in [3.05, 3.63) is 0 Å². The molecular formula is C10H19NO2S. The lowest BCUT2D eigenvalue weighted by atomic mass is 9.80. The van der Waals surface area contributed by atoms with Crippen LogP contribution >= 0.6 is 12.6 Å². The van der Waals surface area contributed by atoms with E-state index in [1.807, 2.05) is 0 Å². The Morgan fingerprint density at radius 1 is 1.50 bits per heavy atom. The average molecular weight is 217 g/mol. The first kappa shape index (κ1) is 11.7. The molecule has 2 unspecified atom stereocenters. The lowest BCUT2D eigenvalue weighted by Gasteiger charge is -2.43. The zero-order chi connectivity index (χ0) is 10.9. The summed E-state index contributed by atoms with van der Waals surface area (Å²) in [6.07, 6.45) is 0.922. The molecule has 4 heteroatoms. The van der Waals surface area contributed by atoms with Crippen LogP contribution < -0.4 is 0 Å². The molecule has 0 saturated carbocycles. The molecule has 1 rings (SSSR count). The van der Waals surface area contributed by atoms with E-state index < -0.39 is 6.09 Å². The van der Waals surface area contributed by atoms with Gasteiger partial charge in [-0.3, -0.25) is 0 Å². The van der Waals surface area contributed by atoms with Crippen LogP contribution in [-0.4, -0.2) is 33.9 Å². The molecule has 2 atom stereocenters. The molecular weight excluding hydrogens is 198 g/mol. The van der Waals surface area contributed by atoms with E-state index in [0.717, 1.165) is 12.8 Å². The summed E-state index contributed by atoms with van der Waals surface area (Å²) < 4.78 is 0. The van der Waals surface area contributed by atoms with Crippen molar-refractivity contribution in [2.75, 3.05) is 6.54 Å². The molecule has 3 nitrogen and oxygen atoms in total. The van der Waals surface area contributed by atoms with Crippen molar-refractivity contribution in [3.8, 4) is 0 Å². The first-order chi connectivity index (χ1) is 6.32. The van der Waals surface area contributed by atoms with Crippen LogP contribution in [0.5, 0.6) is 0 Å². The maximum absolute atomic E-state index is 11.0. The highest BCUT2D eigenvalue weighted by Crippen LogP contribution is 2.33. The third-order valence-corrected chi connectivity index (χ3v) is 3.29. The summed E-state index contributed by atoms with van der Waals surface area (Å²) >= 11 is 4.44. The summed E-state index contributed by atoms with van der Waals surface area (Å²) in [5, 5.41) is 9.40. The fraction of sp³-hybridized carbons (Fsp3) is 0.900. The summed E-state index contributed by atoms with van der Waals surface area (Å²) in [6.45, 7) is 6.86. The number of hydrogen-bond donors (Lipinski definition) is 2. The van der Waals surface area contributed by atoms with E-state index >= 15 is 0 Å². The lowest BCUT2D eigenvalue weighted by Crippen LogP contribution is -2.51. The van der Waals surface area contributed by atoms with E-state index in [2.05, 4.69) is 33.4 Å². The van der Waals surface area contributed by atoms with E-state index in [1.54, 1.807) is 4.90 Å². The minimum absolute atomic E-state index is 0.000208. The van der Waals surface area contributed by atoms with Crippen LogP contribution in [0, 0.1) is 5.41 Å². The van der Waals surface area contributed by atoms with Crippen molar-refractivity contribution in [1.82, 2.24) is 4.90 Å². The number of likely N-dealkylation sites (tertiary alicyclic amines) is 1. The summed E-state index contributed by atoms with van der Waals surface area (Å²) in [7, 11) is 0. The van der Waals surface area contributed by atoms with E-state index in [-0.39, 0.29) is 11.5 Å². The van der Waals surface area contributed by atoms with Crippen LogP contribution in [0.15, 0.2) is 0 Å². The van der Waals surface area contributed by atoms with Crippen LogP contribution in [0.3, 0.4) is 0 Å². The Morgan fingerprint density at radius 2 is 2.07 bits per heavy atom. The van der Waals surface area contributed by atoms with Crippen molar-refractivity contribution < 1.29 is 9.90 Å². The number of carbonyl (C=O) groups is 1. The first-order valence-electron chi connectivity index (χ1n) is 5.00. The number of nitrogens with zero attached hydrogens (tertiary/aromatic N) is 1. The van der Waals surface area contributed by atoms with Gasteiger partial charge in [0.1, 0.15) is 0 Å². The molecule has 1 N–H and O–H groups in total. The van der Waals surface area contributed by atoms with E-state index in [9.17, 15) is 4.79 Å². The minimum Gasteiger partial charge on any atom is -0.465 e. The lowest BCUT2D eigenvalue weighted by molar-refractivity contribution is 0.0615. The topological polar surface area (TPSA) is 40.5 Å². The Labute approximate surface area is 90.9 Å². The van der Waals surface area contributed by atoms with Crippen molar-refractivity contribution in [2.45, 2.75) is 44.9 Å². The number of piperidine rings is 1. The predicted octanol–water partition coefficient (Wildman–Crippen LogP) is 2.47. The highest BCUT2D eigenvalue weighted by Gasteiger charge is 2.37. The summed E-state index contributed by atoms with van der Waals surface area (Å²) in [6, 6.07) is 0.0937. The van der Waals surface area contributed by atoms with Gasteiger partial charge in [0.05, 0.1) is 0 Å². The van der Waals surface area contributed by atoms with E-state index in [1.165, 1.54) is 0 Å². The number of thiol groups is 1. The molecule has 0 aliphatic carbocycles. The van der Waals surface area contributed by atoms with Gasteiger partial charge in [-0.15, -0.1) is 0 Å². The zero-order valence-corrected chi connectivity index (χ0v) is 9.92. The second-order valence-corrected chi connectivity index (χ2v) is 5.77. The molecule has 1 aliphatic heterocycles. The molecule has 0 aromatic heterocycles. The van der Waals surface area contributed by atoms with Crippen LogP contribution in [0.4, 0.5) is 4.79 Å². The van der Waals surface area contributed by atoms with Gasteiger partial charge >= 0.3 is 6.09 Å². The molecule has 0 spiro atoms. The number of carboxylic acid groups (broad SMARTS) is 1. The number of hydrogen-bond acceptors (Lipinski definition) is 2. The molecule has 1 amide bonds. The van der Waals surface area contributed by atoms with Gasteiger partial charge < -0.3 is 10.0 Å². The summed E-state index contributed by atoms with van der Waals surface area (Å²) in [4.78, 5) is 12.6. The Balaban J connectivity index is 2.79. The second kappa shape index (κ2) is 4.01. The third kappa shape index (κ3) is 2.56. The molecule has 14 heavy (non-hydrogen) atoms. The highest BCUT2D eigenvalue weighted by atomic mass is 32.1. The molecule has 0 bridgehead atoms. The fourth-order valence-corrected chi connectivity index (χ4v) is 2.31. The van der Waals surface area contributed by atoms with Crippen molar-refractivity contribution in [3.63, 3.8) is 0 Å². The van der Waals surface area contributed by atoms with Gasteiger partial charge in [-0.25, -0.2) is 4.79 Å². The maximum Gasteiger partial charge on any atom is 0.407 e. The van der Waals surface area contributed by atoms with Crippen molar-refractivity contribution in [2.24, 2.45) is 5.41 Å². The Hall–Kier alpha value is -0.380. The molecule has 0 radical (unpaired) electrons. The Morgan fingerprint density at radius 3 is 2.50 bits per heavy atom. The molecule has 1 aliphatic rings. The third-order valence-electron chi connectivity index (χ3n) is 2.82. The number of rotatable bonds is 0. The molecule has 0 aromatic carbocycles. The monoisotopic (exact) mass is 217 g/mol. The Kier molecular flexibility index (Phi) is 3.35. The van der Waals surface area contributed by atoms with Gasteiger partial charge in [-0.2, -0.15) is 12.6 Å². The van der Waals surface area contributed by atoms with Gasteiger partial charge in [-0.1, -0.05) is 20.8 Å². The average Bonchev–Trinajstić information content (AvgIpc) is 2.01. The zero-order valence-electron chi connectivity index (χ0n) is 9.03. The van der Waals surface area contributed by atoms with Gasteiger partial charge in [0, 0.05) is 17.8 Å². The SMILES string of the molecule is CC(C)(C)C1CC(S)CCN1C(=O)O. The molecule has 1 fully saturated rings. The first-order valence-corrected chi connectivity index (χ1v) is 5.51. The highest BCUT2D eigenvalue weighted by molar-refractivity contribution is 7.80. The quantitative estimate of drug-likeness (QED) is 0.612. The van der Waals surface area contributed by atoms with Gasteiger partial charge in [-0.05, 0) is 18.3 Å². The van der Waals surface area contributed by atoms with Crippen LogP contribution in [0.25, 0.3) is 0 Å². The van der Waals surface area contributed by atoms with Crippen molar-refractivity contribution in [1.29, 1.82) is 0 Å². The number of amides is 1. The van der Waals surface area contributed by atoms with Gasteiger partial charge in [0.25, 0.3) is 0 Å². The van der Waals surface area contributed by atoms with Gasteiger partial charge in [0.2, 0.25) is 0 Å². The summed E-state index contributed by atoms with van der Waals surface area (Å²) in [5.74, 6) is 0. The maximum atomic E-state index is 11.0. The van der Waals surface area contributed by atoms with Crippen LogP contribution in [0.1, 0.15) is 33.6 Å². The summed E-state index contributed by atoms with van der Waals surface area (Å²) in [5.41, 5.74) is -0.000208. The second-order valence-electron chi connectivity index (χ2n) is 5.04. The Bertz CT molecular complexity index is 225. The van der Waals surface area contributed by atoms with Crippen LogP contribution in [-0.2, 0) is 0 Å². The van der Waals surface area contributed by atoms with Crippen LogP contribution in [0.2, 0.25) is 0 Å². The fourth-order valence-electron chi connectivity index (χ4n) is 2.00. The molecule has 82 valence electrons. The smallest absolute Gasteiger partial charge is 0.407 e. The van der Waals surface area contributed by atoms with Gasteiger partial charge in [0.15, 0.2) is 0 Å². The normalized spacial score (nSPS) is 29.0.